The Hall–Kier alpha value is -2.75. The van der Waals surface area contributed by atoms with Crippen LogP contribution in [0, 0.1) is 0 Å². The predicted octanol–water partition coefficient (Wildman–Crippen LogP) is 3.39. The monoisotopic (exact) mass is 303 g/mol. The van der Waals surface area contributed by atoms with Gasteiger partial charge in [0.1, 0.15) is 5.69 Å². The Bertz CT molecular complexity index is 890. The van der Waals surface area contributed by atoms with Crippen molar-refractivity contribution >= 4 is 16.9 Å². The van der Waals surface area contributed by atoms with Crippen molar-refractivity contribution in [2.75, 3.05) is 7.05 Å². The number of nitrogens with zero attached hydrogens (tertiary/aromatic N) is 3. The molecule has 114 valence electrons. The standard InChI is InChI=1S/C19H17N3O/c1-22(18-11-10-13-6-2-3-7-14(13)18)19(23)17-12-20-15-8-4-5-9-16(15)21-17/h2-9,12,18H,10-11H2,1H3/t18-/m0/s1. The summed E-state index contributed by atoms with van der Waals surface area (Å²) in [7, 11) is 1.85. The molecule has 23 heavy (non-hydrogen) atoms. The van der Waals surface area contributed by atoms with Crippen molar-refractivity contribution in [3.05, 3.63) is 71.5 Å². The fourth-order valence-corrected chi connectivity index (χ4v) is 3.32. The zero-order valence-electron chi connectivity index (χ0n) is 12.9. The van der Waals surface area contributed by atoms with Crippen LogP contribution >= 0.6 is 0 Å². The van der Waals surface area contributed by atoms with Gasteiger partial charge in [-0.3, -0.25) is 9.78 Å². The minimum atomic E-state index is -0.0787. The molecule has 0 spiro atoms. The summed E-state index contributed by atoms with van der Waals surface area (Å²) in [4.78, 5) is 23.4. The largest absolute Gasteiger partial charge is 0.333 e. The molecule has 0 unspecified atom stereocenters. The van der Waals surface area contributed by atoms with E-state index in [0.29, 0.717) is 5.69 Å². The van der Waals surface area contributed by atoms with E-state index in [0.717, 1.165) is 23.9 Å². The van der Waals surface area contributed by atoms with Gasteiger partial charge in [0.15, 0.2) is 0 Å². The van der Waals surface area contributed by atoms with Gasteiger partial charge >= 0.3 is 0 Å². The molecule has 0 saturated heterocycles. The number of para-hydroxylation sites is 2. The Kier molecular flexibility index (Phi) is 3.30. The molecule has 1 amide bonds. The molecule has 0 N–H and O–H groups in total. The van der Waals surface area contributed by atoms with Crippen molar-refractivity contribution < 1.29 is 4.79 Å². The van der Waals surface area contributed by atoms with E-state index in [1.165, 1.54) is 11.1 Å². The summed E-state index contributed by atoms with van der Waals surface area (Å²) in [5.74, 6) is -0.0787. The maximum atomic E-state index is 12.8. The lowest BCUT2D eigenvalue weighted by Crippen LogP contribution is -2.30. The van der Waals surface area contributed by atoms with Gasteiger partial charge in [0.25, 0.3) is 5.91 Å². The van der Waals surface area contributed by atoms with Crippen molar-refractivity contribution in [1.82, 2.24) is 14.9 Å². The van der Waals surface area contributed by atoms with Crippen LogP contribution in [-0.4, -0.2) is 27.8 Å². The van der Waals surface area contributed by atoms with Crippen LogP contribution in [0.15, 0.2) is 54.7 Å². The Balaban J connectivity index is 1.65. The molecule has 0 aliphatic heterocycles. The van der Waals surface area contributed by atoms with E-state index >= 15 is 0 Å². The maximum absolute atomic E-state index is 12.8. The summed E-state index contributed by atoms with van der Waals surface area (Å²) in [6.45, 7) is 0. The van der Waals surface area contributed by atoms with E-state index in [4.69, 9.17) is 0 Å². The number of amides is 1. The van der Waals surface area contributed by atoms with Crippen molar-refractivity contribution in [2.45, 2.75) is 18.9 Å². The summed E-state index contributed by atoms with van der Waals surface area (Å²) in [6, 6.07) is 16.1. The molecule has 4 rings (SSSR count). The van der Waals surface area contributed by atoms with Gasteiger partial charge in [-0.05, 0) is 36.1 Å². The SMILES string of the molecule is CN(C(=O)c1cnc2ccccc2n1)[C@H]1CCc2ccccc21. The normalized spacial score (nSPS) is 16.3. The number of carbonyl (C=O) groups is 1. The third-order valence-electron chi connectivity index (χ3n) is 4.56. The number of hydrogen-bond acceptors (Lipinski definition) is 3. The van der Waals surface area contributed by atoms with Gasteiger partial charge in [-0.2, -0.15) is 0 Å². The first-order valence-corrected chi connectivity index (χ1v) is 7.81. The molecule has 1 atom stereocenters. The quantitative estimate of drug-likeness (QED) is 0.729. The van der Waals surface area contributed by atoms with E-state index < -0.39 is 0 Å². The second-order valence-electron chi connectivity index (χ2n) is 5.91. The van der Waals surface area contributed by atoms with Crippen LogP contribution in [0.3, 0.4) is 0 Å². The topological polar surface area (TPSA) is 46.1 Å². The van der Waals surface area contributed by atoms with Gasteiger partial charge < -0.3 is 4.90 Å². The highest BCUT2D eigenvalue weighted by Crippen LogP contribution is 2.35. The van der Waals surface area contributed by atoms with Gasteiger partial charge in [0.2, 0.25) is 0 Å². The lowest BCUT2D eigenvalue weighted by molar-refractivity contribution is 0.0724. The second-order valence-corrected chi connectivity index (χ2v) is 5.91. The molecular formula is C19H17N3O. The second kappa shape index (κ2) is 5.47. The smallest absolute Gasteiger partial charge is 0.274 e. The highest BCUT2D eigenvalue weighted by Gasteiger charge is 2.29. The first-order valence-electron chi connectivity index (χ1n) is 7.81. The fourth-order valence-electron chi connectivity index (χ4n) is 3.32. The van der Waals surface area contributed by atoms with Crippen molar-refractivity contribution in [1.29, 1.82) is 0 Å². The summed E-state index contributed by atoms with van der Waals surface area (Å²) in [6.07, 6.45) is 3.55. The van der Waals surface area contributed by atoms with E-state index in [-0.39, 0.29) is 11.9 Å². The number of rotatable bonds is 2. The summed E-state index contributed by atoms with van der Waals surface area (Å²) < 4.78 is 0. The average molecular weight is 303 g/mol. The zero-order chi connectivity index (χ0) is 15.8. The molecule has 1 heterocycles. The molecule has 0 saturated carbocycles. The van der Waals surface area contributed by atoms with E-state index in [2.05, 4.69) is 28.2 Å². The Labute approximate surface area is 134 Å². The highest BCUT2D eigenvalue weighted by atomic mass is 16.2. The van der Waals surface area contributed by atoms with Gasteiger partial charge in [0, 0.05) is 7.05 Å². The van der Waals surface area contributed by atoms with Gasteiger partial charge in [-0.25, -0.2) is 4.98 Å². The lowest BCUT2D eigenvalue weighted by Gasteiger charge is -2.25. The molecule has 4 nitrogen and oxygen atoms in total. The molecule has 1 aliphatic carbocycles. The Morgan fingerprint density at radius 3 is 2.70 bits per heavy atom. The first-order chi connectivity index (χ1) is 11.2. The molecule has 1 aromatic heterocycles. The van der Waals surface area contributed by atoms with Crippen LogP contribution in [0.2, 0.25) is 0 Å². The number of fused-ring (bicyclic) bond motifs is 2. The third-order valence-corrected chi connectivity index (χ3v) is 4.56. The minimum absolute atomic E-state index is 0.0787. The lowest BCUT2D eigenvalue weighted by atomic mass is 10.1. The van der Waals surface area contributed by atoms with E-state index in [1.807, 2.05) is 37.4 Å². The fraction of sp³-hybridized carbons (Fsp3) is 0.211. The first kappa shape index (κ1) is 13.9. The molecule has 4 heteroatoms. The molecule has 0 radical (unpaired) electrons. The maximum Gasteiger partial charge on any atom is 0.274 e. The average Bonchev–Trinajstić information content (AvgIpc) is 3.04. The summed E-state index contributed by atoms with van der Waals surface area (Å²) in [5.41, 5.74) is 4.53. The minimum Gasteiger partial charge on any atom is -0.333 e. The Morgan fingerprint density at radius 1 is 1.09 bits per heavy atom. The number of aromatic nitrogens is 2. The summed E-state index contributed by atoms with van der Waals surface area (Å²) >= 11 is 0. The zero-order valence-corrected chi connectivity index (χ0v) is 12.9. The molecule has 0 bridgehead atoms. The third kappa shape index (κ3) is 2.36. The number of hydrogen-bond donors (Lipinski definition) is 0. The van der Waals surface area contributed by atoms with Crippen LogP contribution in [0.25, 0.3) is 11.0 Å². The van der Waals surface area contributed by atoms with Crippen molar-refractivity contribution in [3.63, 3.8) is 0 Å². The number of aryl methyl sites for hydroxylation is 1. The van der Waals surface area contributed by atoms with Gasteiger partial charge in [-0.15, -0.1) is 0 Å². The molecule has 1 aliphatic rings. The molecule has 3 aromatic rings. The van der Waals surface area contributed by atoms with Gasteiger partial charge in [-0.1, -0.05) is 36.4 Å². The van der Waals surface area contributed by atoms with Crippen LogP contribution in [0.1, 0.15) is 34.1 Å². The number of carbonyl (C=O) groups excluding carboxylic acids is 1. The molecule has 2 aromatic carbocycles. The predicted molar refractivity (Wildman–Crippen MR) is 89.1 cm³/mol. The van der Waals surface area contributed by atoms with E-state index in [1.54, 1.807) is 11.1 Å². The van der Waals surface area contributed by atoms with Crippen LogP contribution in [0.5, 0.6) is 0 Å². The Morgan fingerprint density at radius 2 is 1.83 bits per heavy atom. The van der Waals surface area contributed by atoms with Crippen LogP contribution in [0.4, 0.5) is 0 Å². The highest BCUT2D eigenvalue weighted by molar-refractivity contribution is 5.94. The van der Waals surface area contributed by atoms with Crippen LogP contribution < -0.4 is 0 Å². The summed E-state index contributed by atoms with van der Waals surface area (Å²) in [5, 5.41) is 0. The van der Waals surface area contributed by atoms with E-state index in [9.17, 15) is 4.79 Å². The van der Waals surface area contributed by atoms with Crippen LogP contribution in [-0.2, 0) is 6.42 Å². The number of benzene rings is 2. The van der Waals surface area contributed by atoms with Crippen molar-refractivity contribution in [2.24, 2.45) is 0 Å². The molecular weight excluding hydrogens is 286 g/mol. The van der Waals surface area contributed by atoms with Gasteiger partial charge in [0.05, 0.1) is 23.3 Å². The molecule has 0 fully saturated rings. The van der Waals surface area contributed by atoms with Crippen molar-refractivity contribution in [3.8, 4) is 0 Å².